The van der Waals surface area contributed by atoms with E-state index in [-0.39, 0.29) is 5.63 Å². The van der Waals surface area contributed by atoms with Crippen molar-refractivity contribution in [1.29, 1.82) is 0 Å². The number of aliphatic imine (C=N–C) groups is 1. The van der Waals surface area contributed by atoms with E-state index in [2.05, 4.69) is 17.4 Å². The number of hydrogen-bond donors (Lipinski definition) is 1. The molecule has 2 heterocycles. The van der Waals surface area contributed by atoms with Crippen LogP contribution in [0.2, 0.25) is 0 Å². The minimum Gasteiger partial charge on any atom is -0.422 e. The first kappa shape index (κ1) is 15.8. The average molecular weight is 342 g/mol. The average Bonchev–Trinajstić information content (AvgIpc) is 2.99. The molecule has 2 aromatic rings. The summed E-state index contributed by atoms with van der Waals surface area (Å²) in [5, 5.41) is 5.61. The molecule has 4 rings (SSSR count). The van der Waals surface area contributed by atoms with E-state index in [4.69, 9.17) is 9.41 Å². The third-order valence-electron chi connectivity index (χ3n) is 5.20. The largest absolute Gasteiger partial charge is 0.422 e. The summed E-state index contributed by atoms with van der Waals surface area (Å²) in [6.45, 7) is 4.04. The maximum absolute atomic E-state index is 11.9. The van der Waals surface area contributed by atoms with Crippen LogP contribution in [0.1, 0.15) is 42.4 Å². The monoisotopic (exact) mass is 342 g/mol. The summed E-state index contributed by atoms with van der Waals surface area (Å²) in [4.78, 5) is 16.8. The van der Waals surface area contributed by atoms with Crippen molar-refractivity contribution in [3.8, 4) is 0 Å². The van der Waals surface area contributed by atoms with Gasteiger partial charge in [0.15, 0.2) is 5.17 Å². The van der Waals surface area contributed by atoms with E-state index < -0.39 is 0 Å². The molecule has 0 unspecified atom stereocenters. The van der Waals surface area contributed by atoms with Gasteiger partial charge in [-0.3, -0.25) is 4.99 Å². The Kier molecular flexibility index (Phi) is 4.12. The fraction of sp³-hybridized carbons (Fsp3) is 0.474. The summed E-state index contributed by atoms with van der Waals surface area (Å²) in [5.41, 5.74) is 3.64. The predicted molar refractivity (Wildman–Crippen MR) is 99.9 cm³/mol. The number of fused-ring (bicyclic) bond motifs is 2. The van der Waals surface area contributed by atoms with Crippen LogP contribution in [0.4, 0.5) is 0 Å². The lowest BCUT2D eigenvalue weighted by molar-refractivity contribution is 0.385. The van der Waals surface area contributed by atoms with E-state index in [1.165, 1.54) is 25.7 Å². The van der Waals surface area contributed by atoms with Crippen molar-refractivity contribution < 1.29 is 4.42 Å². The smallest absolute Gasteiger partial charge is 0.336 e. The molecule has 1 N–H and O–H groups in total. The predicted octanol–water partition coefficient (Wildman–Crippen LogP) is 3.91. The number of thioether (sulfide) groups is 1. The Morgan fingerprint density at radius 2 is 2.12 bits per heavy atom. The van der Waals surface area contributed by atoms with Gasteiger partial charge in [-0.1, -0.05) is 36.7 Å². The molecule has 1 aliphatic carbocycles. The van der Waals surface area contributed by atoms with Gasteiger partial charge in [-0.25, -0.2) is 4.79 Å². The molecule has 0 saturated heterocycles. The van der Waals surface area contributed by atoms with E-state index >= 15 is 0 Å². The van der Waals surface area contributed by atoms with Crippen LogP contribution in [0.3, 0.4) is 0 Å². The highest BCUT2D eigenvalue weighted by Crippen LogP contribution is 2.30. The minimum atomic E-state index is -0.276. The van der Waals surface area contributed by atoms with E-state index in [9.17, 15) is 4.79 Å². The van der Waals surface area contributed by atoms with Gasteiger partial charge in [-0.2, -0.15) is 0 Å². The Morgan fingerprint density at radius 1 is 1.29 bits per heavy atom. The molecule has 1 aromatic carbocycles. The zero-order chi connectivity index (χ0) is 16.7. The van der Waals surface area contributed by atoms with E-state index in [0.29, 0.717) is 17.7 Å². The second kappa shape index (κ2) is 6.28. The number of rotatable bonds is 2. The summed E-state index contributed by atoms with van der Waals surface area (Å²) in [6, 6.07) is 6.73. The van der Waals surface area contributed by atoms with Crippen molar-refractivity contribution in [2.45, 2.75) is 57.4 Å². The first-order valence-electron chi connectivity index (χ1n) is 8.62. The van der Waals surface area contributed by atoms with Crippen molar-refractivity contribution >= 4 is 27.9 Å². The highest BCUT2D eigenvalue weighted by atomic mass is 32.2. The van der Waals surface area contributed by atoms with Crippen LogP contribution in [0.5, 0.6) is 0 Å². The van der Waals surface area contributed by atoms with Gasteiger partial charge < -0.3 is 9.73 Å². The zero-order valence-electron chi connectivity index (χ0n) is 14.1. The normalized spacial score (nSPS) is 23.0. The molecular weight excluding hydrogens is 320 g/mol. The van der Waals surface area contributed by atoms with Gasteiger partial charge >= 0.3 is 5.63 Å². The number of benzene rings is 1. The Labute approximate surface area is 145 Å². The lowest BCUT2D eigenvalue weighted by Crippen LogP contribution is -2.36. The molecule has 0 bridgehead atoms. The summed E-state index contributed by atoms with van der Waals surface area (Å²) in [5.74, 6) is 0.732. The number of amidine groups is 1. The Balaban J connectivity index is 1.59. The SMILES string of the molecule is Cc1ccc2c(CSC3=N[C@@H]4CCCC[C@H]4N3)cc(=O)oc2c1C. The number of nitrogens with zero attached hydrogens (tertiary/aromatic N) is 1. The molecule has 24 heavy (non-hydrogen) atoms. The minimum absolute atomic E-state index is 0.276. The van der Waals surface area contributed by atoms with Gasteiger partial charge in [-0.05, 0) is 43.4 Å². The maximum atomic E-state index is 11.9. The molecule has 0 amide bonds. The molecule has 0 radical (unpaired) electrons. The first-order chi connectivity index (χ1) is 11.6. The van der Waals surface area contributed by atoms with Crippen LogP contribution in [-0.2, 0) is 5.75 Å². The highest BCUT2D eigenvalue weighted by molar-refractivity contribution is 8.13. The number of aryl methyl sites for hydroxylation is 2. The molecule has 1 saturated carbocycles. The van der Waals surface area contributed by atoms with Gasteiger partial charge in [0, 0.05) is 17.2 Å². The van der Waals surface area contributed by atoms with Gasteiger partial charge in [0.1, 0.15) is 5.58 Å². The third-order valence-corrected chi connectivity index (χ3v) is 6.16. The van der Waals surface area contributed by atoms with Crippen molar-refractivity contribution in [2.24, 2.45) is 4.99 Å². The van der Waals surface area contributed by atoms with Gasteiger partial charge in [0.2, 0.25) is 0 Å². The van der Waals surface area contributed by atoms with Crippen LogP contribution in [-0.4, -0.2) is 17.3 Å². The molecule has 1 fully saturated rings. The van der Waals surface area contributed by atoms with Gasteiger partial charge in [0.25, 0.3) is 0 Å². The molecule has 1 aromatic heterocycles. The van der Waals surface area contributed by atoms with Crippen LogP contribution in [0, 0.1) is 13.8 Å². The summed E-state index contributed by atoms with van der Waals surface area (Å²) in [6.07, 6.45) is 4.99. The van der Waals surface area contributed by atoms with Crippen LogP contribution in [0.15, 0.2) is 32.4 Å². The second-order valence-electron chi connectivity index (χ2n) is 6.80. The fourth-order valence-electron chi connectivity index (χ4n) is 3.65. The summed E-state index contributed by atoms with van der Waals surface area (Å²) >= 11 is 1.70. The fourth-order valence-corrected chi connectivity index (χ4v) is 4.63. The van der Waals surface area contributed by atoms with Crippen molar-refractivity contribution in [2.75, 3.05) is 0 Å². The quantitative estimate of drug-likeness (QED) is 0.841. The van der Waals surface area contributed by atoms with Crippen LogP contribution >= 0.6 is 11.8 Å². The van der Waals surface area contributed by atoms with Crippen molar-refractivity contribution in [1.82, 2.24) is 5.32 Å². The first-order valence-corrected chi connectivity index (χ1v) is 9.60. The molecule has 5 heteroatoms. The Hall–Kier alpha value is -1.75. The third kappa shape index (κ3) is 2.86. The van der Waals surface area contributed by atoms with Crippen LogP contribution < -0.4 is 10.9 Å². The van der Waals surface area contributed by atoms with E-state index in [0.717, 1.165) is 33.0 Å². The van der Waals surface area contributed by atoms with Crippen molar-refractivity contribution in [3.63, 3.8) is 0 Å². The second-order valence-corrected chi connectivity index (χ2v) is 7.76. The zero-order valence-corrected chi connectivity index (χ0v) is 14.9. The van der Waals surface area contributed by atoms with Gasteiger partial charge in [0.05, 0.1) is 12.1 Å². The molecule has 4 nitrogen and oxygen atoms in total. The highest BCUT2D eigenvalue weighted by Gasteiger charge is 2.30. The van der Waals surface area contributed by atoms with E-state index in [1.807, 2.05) is 13.8 Å². The van der Waals surface area contributed by atoms with Crippen LogP contribution in [0.25, 0.3) is 11.0 Å². The molecule has 1 aliphatic heterocycles. The lowest BCUT2D eigenvalue weighted by Gasteiger charge is -2.23. The van der Waals surface area contributed by atoms with Crippen molar-refractivity contribution in [3.05, 3.63) is 45.3 Å². The molecule has 2 aliphatic rings. The van der Waals surface area contributed by atoms with E-state index in [1.54, 1.807) is 17.8 Å². The lowest BCUT2D eigenvalue weighted by atomic mass is 9.92. The Morgan fingerprint density at radius 3 is 2.96 bits per heavy atom. The number of hydrogen-bond acceptors (Lipinski definition) is 5. The molecule has 126 valence electrons. The molecular formula is C19H22N2O2S. The number of nitrogens with one attached hydrogen (secondary N) is 1. The summed E-state index contributed by atoms with van der Waals surface area (Å²) < 4.78 is 5.45. The van der Waals surface area contributed by atoms with Gasteiger partial charge in [-0.15, -0.1) is 0 Å². The Bertz CT molecular complexity index is 872. The molecule has 0 spiro atoms. The topological polar surface area (TPSA) is 54.6 Å². The molecule has 2 atom stereocenters. The standard InChI is InChI=1S/C19H22N2O2S/c1-11-7-8-14-13(9-17(22)23-18(14)12(11)2)10-24-19-20-15-5-3-4-6-16(15)21-19/h7-9,15-16H,3-6,10H2,1-2H3,(H,20,21)/t15-,16-/m1/s1. The summed E-state index contributed by atoms with van der Waals surface area (Å²) in [7, 11) is 0. The maximum Gasteiger partial charge on any atom is 0.336 e.